The van der Waals surface area contributed by atoms with Crippen LogP contribution in [-0.2, 0) is 17.8 Å². The number of fused-ring (bicyclic) bond motifs is 1. The summed E-state index contributed by atoms with van der Waals surface area (Å²) in [5.74, 6) is 1.21. The van der Waals surface area contributed by atoms with Crippen molar-refractivity contribution in [3.8, 4) is 5.75 Å². The summed E-state index contributed by atoms with van der Waals surface area (Å²) in [5, 5.41) is 3.56. The van der Waals surface area contributed by atoms with Crippen LogP contribution in [0.5, 0.6) is 5.75 Å². The van der Waals surface area contributed by atoms with Gasteiger partial charge in [-0.05, 0) is 37.3 Å². The van der Waals surface area contributed by atoms with Crippen molar-refractivity contribution in [2.75, 3.05) is 13.6 Å². The van der Waals surface area contributed by atoms with Crippen LogP contribution in [0.1, 0.15) is 36.8 Å². The predicted octanol–water partition coefficient (Wildman–Crippen LogP) is 3.55. The normalized spacial score (nSPS) is 24.6. The van der Waals surface area contributed by atoms with Gasteiger partial charge in [0.05, 0.1) is 6.42 Å². The topological polar surface area (TPSA) is 41.6 Å². The molecule has 0 unspecified atom stereocenters. The SMILES string of the molecule is CN(C(=O)Cc1ccccc1)C1CCC2(CC1)CNCc1ccccc1O2. The van der Waals surface area contributed by atoms with Gasteiger partial charge in [-0.1, -0.05) is 48.5 Å². The molecule has 27 heavy (non-hydrogen) atoms. The van der Waals surface area contributed by atoms with Gasteiger partial charge in [-0.25, -0.2) is 0 Å². The molecule has 4 rings (SSSR count). The van der Waals surface area contributed by atoms with Crippen molar-refractivity contribution in [1.29, 1.82) is 0 Å². The monoisotopic (exact) mass is 364 g/mol. The number of likely N-dealkylation sites (N-methyl/N-ethyl adjacent to an activating group) is 1. The van der Waals surface area contributed by atoms with E-state index in [-0.39, 0.29) is 11.5 Å². The van der Waals surface area contributed by atoms with E-state index in [1.54, 1.807) is 0 Å². The molecule has 1 amide bonds. The molecule has 142 valence electrons. The van der Waals surface area contributed by atoms with Crippen molar-refractivity contribution in [3.05, 3.63) is 65.7 Å². The van der Waals surface area contributed by atoms with Gasteiger partial charge in [0.1, 0.15) is 11.4 Å². The lowest BCUT2D eigenvalue weighted by Gasteiger charge is -2.42. The standard InChI is InChI=1S/C23H28N2O2/c1-25(22(26)15-18-7-3-2-4-8-18)20-11-13-23(14-12-20)17-24-16-19-9-5-6-10-21(19)27-23/h2-10,20,24H,11-17H2,1H3. The summed E-state index contributed by atoms with van der Waals surface area (Å²) in [6, 6.07) is 18.6. The fourth-order valence-corrected chi connectivity index (χ4v) is 4.34. The van der Waals surface area contributed by atoms with Crippen LogP contribution in [0.25, 0.3) is 0 Å². The lowest BCUT2D eigenvalue weighted by molar-refractivity contribution is -0.132. The van der Waals surface area contributed by atoms with Crippen LogP contribution in [-0.4, -0.2) is 36.0 Å². The van der Waals surface area contributed by atoms with Crippen LogP contribution in [0, 0.1) is 0 Å². The Morgan fingerprint density at radius 2 is 1.81 bits per heavy atom. The third-order valence-corrected chi connectivity index (χ3v) is 6.07. The van der Waals surface area contributed by atoms with Crippen molar-refractivity contribution < 1.29 is 9.53 Å². The van der Waals surface area contributed by atoms with Gasteiger partial charge in [0, 0.05) is 31.7 Å². The molecule has 4 heteroatoms. The first-order chi connectivity index (χ1) is 13.2. The Balaban J connectivity index is 1.37. The molecule has 1 saturated carbocycles. The smallest absolute Gasteiger partial charge is 0.226 e. The summed E-state index contributed by atoms with van der Waals surface area (Å²) in [5.41, 5.74) is 2.16. The average Bonchev–Trinajstić information content (AvgIpc) is 2.88. The van der Waals surface area contributed by atoms with Gasteiger partial charge in [-0.3, -0.25) is 4.79 Å². The minimum Gasteiger partial charge on any atom is -0.486 e. The Morgan fingerprint density at radius 1 is 1.11 bits per heavy atom. The molecule has 0 atom stereocenters. The second kappa shape index (κ2) is 7.73. The Bertz CT molecular complexity index is 782. The molecule has 1 aliphatic heterocycles. The summed E-state index contributed by atoms with van der Waals surface area (Å²) in [7, 11) is 1.95. The number of hydrogen-bond donors (Lipinski definition) is 1. The molecule has 4 nitrogen and oxygen atoms in total. The second-order valence-electron chi connectivity index (χ2n) is 7.89. The second-order valence-corrected chi connectivity index (χ2v) is 7.89. The maximum absolute atomic E-state index is 12.7. The van der Waals surface area contributed by atoms with E-state index in [0.717, 1.165) is 50.1 Å². The highest BCUT2D eigenvalue weighted by Crippen LogP contribution is 2.37. The Hall–Kier alpha value is -2.33. The highest BCUT2D eigenvalue weighted by Gasteiger charge is 2.40. The number of nitrogens with one attached hydrogen (secondary N) is 1. The maximum Gasteiger partial charge on any atom is 0.226 e. The van der Waals surface area contributed by atoms with Crippen LogP contribution in [0.4, 0.5) is 0 Å². The quantitative estimate of drug-likeness (QED) is 0.906. The first-order valence-electron chi connectivity index (χ1n) is 9.92. The van der Waals surface area contributed by atoms with E-state index in [0.29, 0.717) is 12.5 Å². The van der Waals surface area contributed by atoms with E-state index >= 15 is 0 Å². The van der Waals surface area contributed by atoms with Gasteiger partial charge >= 0.3 is 0 Å². The molecule has 0 aromatic heterocycles. The Kier molecular flexibility index (Phi) is 5.17. The van der Waals surface area contributed by atoms with E-state index in [2.05, 4.69) is 23.5 Å². The summed E-state index contributed by atoms with van der Waals surface area (Å²) < 4.78 is 6.50. The van der Waals surface area contributed by atoms with Crippen LogP contribution >= 0.6 is 0 Å². The van der Waals surface area contributed by atoms with Crippen molar-refractivity contribution in [2.45, 2.75) is 50.3 Å². The number of hydrogen-bond acceptors (Lipinski definition) is 3. The Morgan fingerprint density at radius 3 is 2.59 bits per heavy atom. The molecule has 2 aliphatic rings. The van der Waals surface area contributed by atoms with Gasteiger partial charge in [-0.2, -0.15) is 0 Å². The maximum atomic E-state index is 12.7. The van der Waals surface area contributed by atoms with Crippen molar-refractivity contribution in [1.82, 2.24) is 10.2 Å². The third-order valence-electron chi connectivity index (χ3n) is 6.07. The lowest BCUT2D eigenvalue weighted by atomic mass is 9.81. The summed E-state index contributed by atoms with van der Waals surface area (Å²) in [4.78, 5) is 14.6. The summed E-state index contributed by atoms with van der Waals surface area (Å²) in [6.45, 7) is 1.73. The van der Waals surface area contributed by atoms with Crippen molar-refractivity contribution in [2.24, 2.45) is 0 Å². The van der Waals surface area contributed by atoms with Gasteiger partial charge in [0.2, 0.25) is 5.91 Å². The number of carbonyl (C=O) groups excluding carboxylic acids is 1. The van der Waals surface area contributed by atoms with E-state index < -0.39 is 0 Å². The van der Waals surface area contributed by atoms with E-state index in [9.17, 15) is 4.79 Å². The van der Waals surface area contributed by atoms with Gasteiger partial charge in [0.25, 0.3) is 0 Å². The fourth-order valence-electron chi connectivity index (χ4n) is 4.34. The van der Waals surface area contributed by atoms with Crippen LogP contribution in [0.15, 0.2) is 54.6 Å². The van der Waals surface area contributed by atoms with Crippen molar-refractivity contribution >= 4 is 5.91 Å². The molecular formula is C23H28N2O2. The first kappa shape index (κ1) is 18.1. The minimum atomic E-state index is -0.146. The average molecular weight is 364 g/mol. The molecule has 1 spiro atoms. The number of amides is 1. The van der Waals surface area contributed by atoms with E-state index in [1.165, 1.54) is 5.56 Å². The summed E-state index contributed by atoms with van der Waals surface area (Å²) in [6.07, 6.45) is 4.40. The lowest BCUT2D eigenvalue weighted by Crippen LogP contribution is -2.51. The first-order valence-corrected chi connectivity index (χ1v) is 9.92. The third kappa shape index (κ3) is 4.01. The van der Waals surface area contributed by atoms with Gasteiger partial charge in [-0.15, -0.1) is 0 Å². The number of rotatable bonds is 3. The molecule has 1 N–H and O–H groups in total. The fraction of sp³-hybridized carbons (Fsp3) is 0.435. The number of carbonyl (C=O) groups is 1. The molecule has 2 aromatic rings. The molecule has 1 fully saturated rings. The zero-order chi connectivity index (χ0) is 18.7. The number of benzene rings is 2. The van der Waals surface area contributed by atoms with Crippen LogP contribution in [0.2, 0.25) is 0 Å². The molecular weight excluding hydrogens is 336 g/mol. The summed E-state index contributed by atoms with van der Waals surface area (Å²) >= 11 is 0. The molecule has 2 aromatic carbocycles. The highest BCUT2D eigenvalue weighted by atomic mass is 16.5. The molecule has 1 aliphatic carbocycles. The zero-order valence-electron chi connectivity index (χ0n) is 16.0. The van der Waals surface area contributed by atoms with Gasteiger partial charge in [0.15, 0.2) is 0 Å². The predicted molar refractivity (Wildman–Crippen MR) is 107 cm³/mol. The molecule has 0 bridgehead atoms. The highest BCUT2D eigenvalue weighted by molar-refractivity contribution is 5.78. The van der Waals surface area contributed by atoms with E-state index in [1.807, 2.05) is 48.3 Å². The Labute approximate surface area is 161 Å². The van der Waals surface area contributed by atoms with Gasteiger partial charge < -0.3 is 15.0 Å². The van der Waals surface area contributed by atoms with E-state index in [4.69, 9.17) is 4.74 Å². The number of nitrogens with zero attached hydrogens (tertiary/aromatic N) is 1. The number of ether oxygens (including phenoxy) is 1. The number of para-hydroxylation sites is 1. The molecule has 1 heterocycles. The molecule has 0 saturated heterocycles. The largest absolute Gasteiger partial charge is 0.486 e. The van der Waals surface area contributed by atoms with Crippen LogP contribution in [0.3, 0.4) is 0 Å². The minimum absolute atomic E-state index is 0.146. The zero-order valence-corrected chi connectivity index (χ0v) is 16.0. The van der Waals surface area contributed by atoms with Crippen molar-refractivity contribution in [3.63, 3.8) is 0 Å². The van der Waals surface area contributed by atoms with Crippen LogP contribution < -0.4 is 10.1 Å². The molecule has 0 radical (unpaired) electrons.